The number of nitrogens with one attached hydrogen (secondary N) is 2. The van der Waals surface area contributed by atoms with Crippen molar-refractivity contribution in [3.8, 4) is 0 Å². The summed E-state index contributed by atoms with van der Waals surface area (Å²) in [6.45, 7) is 2.67. The van der Waals surface area contributed by atoms with Crippen LogP contribution in [-0.2, 0) is 4.79 Å². The maximum absolute atomic E-state index is 12.0. The monoisotopic (exact) mass is 226 g/mol. The highest BCUT2D eigenvalue weighted by Crippen LogP contribution is 2.27. The van der Waals surface area contributed by atoms with Crippen LogP contribution >= 0.6 is 0 Å². The SMILES string of the molecule is CC1(NC(=O)C2CC(O)CN2)CCCCC1. The zero-order valence-corrected chi connectivity index (χ0v) is 9.96. The molecule has 1 heterocycles. The third-order valence-electron chi connectivity index (χ3n) is 3.81. The molecule has 1 aliphatic carbocycles. The molecule has 1 saturated carbocycles. The largest absolute Gasteiger partial charge is 0.392 e. The Morgan fingerprint density at radius 3 is 2.62 bits per heavy atom. The van der Waals surface area contributed by atoms with Crippen molar-refractivity contribution in [1.29, 1.82) is 0 Å². The molecule has 2 aliphatic rings. The number of hydrogen-bond donors (Lipinski definition) is 3. The minimum Gasteiger partial charge on any atom is -0.392 e. The van der Waals surface area contributed by atoms with Crippen molar-refractivity contribution in [1.82, 2.24) is 10.6 Å². The number of hydrogen-bond acceptors (Lipinski definition) is 3. The fourth-order valence-corrected chi connectivity index (χ4v) is 2.76. The van der Waals surface area contributed by atoms with E-state index in [1.807, 2.05) is 0 Å². The van der Waals surface area contributed by atoms with Gasteiger partial charge in [-0.1, -0.05) is 19.3 Å². The van der Waals surface area contributed by atoms with Crippen molar-refractivity contribution in [2.45, 2.75) is 63.1 Å². The van der Waals surface area contributed by atoms with Gasteiger partial charge in [0.2, 0.25) is 5.91 Å². The summed E-state index contributed by atoms with van der Waals surface area (Å²) < 4.78 is 0. The molecule has 0 bridgehead atoms. The van der Waals surface area contributed by atoms with Crippen LogP contribution < -0.4 is 10.6 Å². The van der Waals surface area contributed by atoms with Gasteiger partial charge in [-0.2, -0.15) is 0 Å². The number of aliphatic hydroxyl groups excluding tert-OH is 1. The Bertz CT molecular complexity index is 262. The number of carbonyl (C=O) groups is 1. The van der Waals surface area contributed by atoms with Crippen molar-refractivity contribution in [3.05, 3.63) is 0 Å². The van der Waals surface area contributed by atoms with E-state index in [2.05, 4.69) is 17.6 Å². The summed E-state index contributed by atoms with van der Waals surface area (Å²) in [6, 6.07) is -0.200. The first-order chi connectivity index (χ1) is 7.59. The first kappa shape index (κ1) is 11.9. The van der Waals surface area contributed by atoms with Crippen LogP contribution in [0.4, 0.5) is 0 Å². The van der Waals surface area contributed by atoms with Crippen molar-refractivity contribution < 1.29 is 9.90 Å². The molecule has 16 heavy (non-hydrogen) atoms. The number of β-amino-alcohol motifs (C(OH)–C–C–N with tert-alkyl or cyclic N) is 1. The minimum absolute atomic E-state index is 0.0233. The van der Waals surface area contributed by atoms with Gasteiger partial charge < -0.3 is 15.7 Å². The van der Waals surface area contributed by atoms with E-state index in [1.54, 1.807) is 0 Å². The average Bonchev–Trinajstić information content (AvgIpc) is 2.65. The van der Waals surface area contributed by atoms with Crippen LogP contribution in [-0.4, -0.2) is 35.2 Å². The minimum atomic E-state index is -0.366. The van der Waals surface area contributed by atoms with Crippen LogP contribution in [0, 0.1) is 0 Å². The molecular weight excluding hydrogens is 204 g/mol. The molecule has 0 spiro atoms. The van der Waals surface area contributed by atoms with E-state index in [1.165, 1.54) is 19.3 Å². The lowest BCUT2D eigenvalue weighted by atomic mass is 9.83. The zero-order valence-electron chi connectivity index (χ0n) is 9.96. The van der Waals surface area contributed by atoms with Gasteiger partial charge >= 0.3 is 0 Å². The maximum Gasteiger partial charge on any atom is 0.237 e. The second-order valence-corrected chi connectivity index (χ2v) is 5.46. The molecule has 2 fully saturated rings. The molecule has 0 radical (unpaired) electrons. The van der Waals surface area contributed by atoms with Gasteiger partial charge in [0.15, 0.2) is 0 Å². The van der Waals surface area contributed by atoms with Crippen molar-refractivity contribution in [2.24, 2.45) is 0 Å². The quantitative estimate of drug-likeness (QED) is 0.644. The second-order valence-electron chi connectivity index (χ2n) is 5.46. The highest BCUT2D eigenvalue weighted by atomic mass is 16.3. The van der Waals surface area contributed by atoms with Crippen molar-refractivity contribution in [3.63, 3.8) is 0 Å². The Labute approximate surface area is 96.8 Å². The standard InChI is InChI=1S/C12H22N2O2/c1-12(5-3-2-4-6-12)14-11(16)10-7-9(15)8-13-10/h9-10,13,15H,2-8H2,1H3,(H,14,16). The summed E-state index contributed by atoms with van der Waals surface area (Å²) in [5, 5.41) is 15.6. The third-order valence-corrected chi connectivity index (χ3v) is 3.81. The molecule has 3 N–H and O–H groups in total. The normalized spacial score (nSPS) is 33.6. The Hall–Kier alpha value is -0.610. The van der Waals surface area contributed by atoms with Crippen LogP contribution in [0.25, 0.3) is 0 Å². The number of aliphatic hydroxyl groups is 1. The number of rotatable bonds is 2. The molecule has 2 unspecified atom stereocenters. The molecule has 0 aromatic rings. The molecule has 1 saturated heterocycles. The van der Waals surface area contributed by atoms with Gasteiger partial charge in [-0.15, -0.1) is 0 Å². The van der Waals surface area contributed by atoms with Gasteiger partial charge in [0.1, 0.15) is 0 Å². The van der Waals surface area contributed by atoms with Crippen molar-refractivity contribution in [2.75, 3.05) is 6.54 Å². The fourth-order valence-electron chi connectivity index (χ4n) is 2.76. The van der Waals surface area contributed by atoms with Crippen LogP contribution in [0.15, 0.2) is 0 Å². The maximum atomic E-state index is 12.0. The summed E-state index contributed by atoms with van der Waals surface area (Å²) in [5.41, 5.74) is -0.0233. The molecule has 2 atom stereocenters. The number of amides is 1. The van der Waals surface area contributed by atoms with Crippen LogP contribution in [0.5, 0.6) is 0 Å². The molecule has 2 rings (SSSR count). The Balaban J connectivity index is 1.86. The number of carbonyl (C=O) groups excluding carboxylic acids is 1. The van der Waals surface area contributed by atoms with E-state index in [-0.39, 0.29) is 23.6 Å². The van der Waals surface area contributed by atoms with E-state index in [0.29, 0.717) is 13.0 Å². The Morgan fingerprint density at radius 1 is 1.38 bits per heavy atom. The van der Waals surface area contributed by atoms with E-state index in [9.17, 15) is 9.90 Å². The predicted octanol–water partition coefficient (Wildman–Crippen LogP) is 0.548. The highest BCUT2D eigenvalue weighted by Gasteiger charge is 2.33. The lowest BCUT2D eigenvalue weighted by Gasteiger charge is -2.35. The first-order valence-electron chi connectivity index (χ1n) is 6.33. The Morgan fingerprint density at radius 2 is 2.06 bits per heavy atom. The molecule has 1 amide bonds. The van der Waals surface area contributed by atoms with E-state index in [4.69, 9.17) is 0 Å². The van der Waals surface area contributed by atoms with Gasteiger partial charge in [0.25, 0.3) is 0 Å². The molecule has 0 aromatic heterocycles. The molecule has 0 aromatic carbocycles. The smallest absolute Gasteiger partial charge is 0.237 e. The predicted molar refractivity (Wildman–Crippen MR) is 62.0 cm³/mol. The van der Waals surface area contributed by atoms with Gasteiger partial charge in [0.05, 0.1) is 12.1 Å². The summed E-state index contributed by atoms with van der Waals surface area (Å²) in [5.74, 6) is 0.0564. The first-order valence-corrected chi connectivity index (χ1v) is 6.33. The van der Waals surface area contributed by atoms with E-state index >= 15 is 0 Å². The third kappa shape index (κ3) is 2.74. The summed E-state index contributed by atoms with van der Waals surface area (Å²) in [4.78, 5) is 12.0. The Kier molecular flexibility index (Phi) is 3.50. The van der Waals surface area contributed by atoms with Gasteiger partial charge in [-0.05, 0) is 26.2 Å². The lowest BCUT2D eigenvalue weighted by molar-refractivity contribution is -0.125. The van der Waals surface area contributed by atoms with Gasteiger partial charge in [0, 0.05) is 12.1 Å². The lowest BCUT2D eigenvalue weighted by Crippen LogP contribution is -2.52. The molecule has 4 heteroatoms. The van der Waals surface area contributed by atoms with Crippen LogP contribution in [0.1, 0.15) is 45.4 Å². The average molecular weight is 226 g/mol. The van der Waals surface area contributed by atoms with E-state index in [0.717, 1.165) is 12.8 Å². The van der Waals surface area contributed by atoms with E-state index < -0.39 is 0 Å². The summed E-state index contributed by atoms with van der Waals surface area (Å²) in [6.07, 6.45) is 6.03. The van der Waals surface area contributed by atoms with Gasteiger partial charge in [-0.3, -0.25) is 4.79 Å². The second kappa shape index (κ2) is 4.72. The van der Waals surface area contributed by atoms with Crippen molar-refractivity contribution >= 4 is 5.91 Å². The summed E-state index contributed by atoms with van der Waals surface area (Å²) in [7, 11) is 0. The van der Waals surface area contributed by atoms with Crippen LogP contribution in [0.3, 0.4) is 0 Å². The molecular formula is C12H22N2O2. The zero-order chi connectivity index (χ0) is 11.6. The fraction of sp³-hybridized carbons (Fsp3) is 0.917. The van der Waals surface area contributed by atoms with Gasteiger partial charge in [-0.25, -0.2) is 0 Å². The molecule has 92 valence electrons. The molecule has 4 nitrogen and oxygen atoms in total. The van der Waals surface area contributed by atoms with Crippen LogP contribution in [0.2, 0.25) is 0 Å². The topological polar surface area (TPSA) is 61.4 Å². The summed E-state index contributed by atoms with van der Waals surface area (Å²) >= 11 is 0. The molecule has 1 aliphatic heterocycles. The highest BCUT2D eigenvalue weighted by molar-refractivity contribution is 5.82.